The summed E-state index contributed by atoms with van der Waals surface area (Å²) in [5.74, 6) is 0. The standard InChI is InChI=1S/C21H24N2O4S/c1-28(25,26)19-9-7-18(8-10-19)14-22-11-12-23-20(24)27-16-21(23,15-22)13-17-5-3-2-4-6-17/h2-10H,11-16H2,1H3. The molecule has 2 aliphatic heterocycles. The Hall–Kier alpha value is -2.38. The first-order valence-electron chi connectivity index (χ1n) is 9.35. The van der Waals surface area contributed by atoms with E-state index in [9.17, 15) is 13.2 Å². The lowest BCUT2D eigenvalue weighted by Gasteiger charge is -2.45. The van der Waals surface area contributed by atoms with Gasteiger partial charge in [-0.15, -0.1) is 0 Å². The van der Waals surface area contributed by atoms with Crippen molar-refractivity contribution in [1.29, 1.82) is 0 Å². The van der Waals surface area contributed by atoms with Crippen molar-refractivity contribution < 1.29 is 17.9 Å². The molecule has 2 fully saturated rings. The number of ether oxygens (including phenoxy) is 1. The quantitative estimate of drug-likeness (QED) is 0.771. The number of fused-ring (bicyclic) bond motifs is 1. The molecule has 0 N–H and O–H groups in total. The summed E-state index contributed by atoms with van der Waals surface area (Å²) in [4.78, 5) is 16.8. The molecule has 0 radical (unpaired) electrons. The van der Waals surface area contributed by atoms with Crippen molar-refractivity contribution in [3.63, 3.8) is 0 Å². The fourth-order valence-electron chi connectivity index (χ4n) is 4.16. The molecule has 0 saturated carbocycles. The second-order valence-corrected chi connectivity index (χ2v) is 9.74. The zero-order valence-electron chi connectivity index (χ0n) is 15.9. The number of piperazine rings is 1. The van der Waals surface area contributed by atoms with Crippen LogP contribution < -0.4 is 0 Å². The van der Waals surface area contributed by atoms with Crippen LogP contribution in [0.3, 0.4) is 0 Å². The molecular formula is C21H24N2O4S. The van der Waals surface area contributed by atoms with Gasteiger partial charge in [-0.25, -0.2) is 13.2 Å². The summed E-state index contributed by atoms with van der Waals surface area (Å²) in [7, 11) is -3.19. The second-order valence-electron chi connectivity index (χ2n) is 7.72. The minimum absolute atomic E-state index is 0.229. The summed E-state index contributed by atoms with van der Waals surface area (Å²) in [6, 6.07) is 17.2. The lowest BCUT2D eigenvalue weighted by atomic mass is 9.88. The maximum absolute atomic E-state index is 12.2. The van der Waals surface area contributed by atoms with Gasteiger partial charge in [0.2, 0.25) is 0 Å². The van der Waals surface area contributed by atoms with E-state index in [0.717, 1.165) is 25.1 Å². The van der Waals surface area contributed by atoms with E-state index in [1.807, 2.05) is 35.2 Å². The van der Waals surface area contributed by atoms with Crippen molar-refractivity contribution in [2.24, 2.45) is 0 Å². The van der Waals surface area contributed by atoms with Crippen LogP contribution in [0.5, 0.6) is 0 Å². The molecule has 2 aromatic rings. The number of nitrogens with zero attached hydrogens (tertiary/aromatic N) is 2. The zero-order chi connectivity index (χ0) is 19.8. The predicted octanol–water partition coefficient (Wildman–Crippen LogP) is 2.34. The fourth-order valence-corrected chi connectivity index (χ4v) is 4.79. The van der Waals surface area contributed by atoms with Gasteiger partial charge >= 0.3 is 6.09 Å². The van der Waals surface area contributed by atoms with Crippen molar-refractivity contribution in [2.45, 2.75) is 23.4 Å². The van der Waals surface area contributed by atoms with E-state index >= 15 is 0 Å². The SMILES string of the molecule is CS(=O)(=O)c1ccc(CN2CCN3C(=O)OCC3(Cc3ccccc3)C2)cc1. The van der Waals surface area contributed by atoms with E-state index in [1.54, 1.807) is 12.1 Å². The molecule has 28 heavy (non-hydrogen) atoms. The third-order valence-electron chi connectivity index (χ3n) is 5.55. The van der Waals surface area contributed by atoms with Crippen molar-refractivity contribution in [1.82, 2.24) is 9.80 Å². The average Bonchev–Trinajstić information content (AvgIpc) is 2.98. The van der Waals surface area contributed by atoms with Gasteiger partial charge in [-0.3, -0.25) is 9.80 Å². The molecule has 2 saturated heterocycles. The Morgan fingerprint density at radius 3 is 2.39 bits per heavy atom. The van der Waals surface area contributed by atoms with Gasteiger partial charge in [0.1, 0.15) is 6.61 Å². The third-order valence-corrected chi connectivity index (χ3v) is 6.68. The first-order chi connectivity index (χ1) is 13.4. The number of hydrogen-bond acceptors (Lipinski definition) is 5. The highest BCUT2D eigenvalue weighted by Crippen LogP contribution is 2.33. The number of amides is 1. The van der Waals surface area contributed by atoms with E-state index in [4.69, 9.17) is 4.74 Å². The van der Waals surface area contributed by atoms with E-state index in [-0.39, 0.29) is 11.6 Å². The van der Waals surface area contributed by atoms with Crippen LogP contribution in [0, 0.1) is 0 Å². The Bertz CT molecular complexity index is 960. The Labute approximate surface area is 165 Å². The smallest absolute Gasteiger partial charge is 0.410 e. The second kappa shape index (κ2) is 7.22. The maximum Gasteiger partial charge on any atom is 0.410 e. The maximum atomic E-state index is 12.2. The summed E-state index contributed by atoms with van der Waals surface area (Å²) in [6.45, 7) is 3.22. The first kappa shape index (κ1) is 19.0. The monoisotopic (exact) mass is 400 g/mol. The van der Waals surface area contributed by atoms with Crippen LogP contribution in [-0.4, -0.2) is 62.3 Å². The van der Waals surface area contributed by atoms with Crippen LogP contribution in [0.1, 0.15) is 11.1 Å². The first-order valence-corrected chi connectivity index (χ1v) is 11.2. The highest BCUT2D eigenvalue weighted by atomic mass is 32.2. The number of sulfone groups is 1. The Balaban J connectivity index is 1.52. The molecule has 0 aromatic heterocycles. The molecule has 1 amide bonds. The highest BCUT2D eigenvalue weighted by molar-refractivity contribution is 7.90. The minimum atomic E-state index is -3.19. The van der Waals surface area contributed by atoms with E-state index in [0.29, 0.717) is 24.6 Å². The van der Waals surface area contributed by atoms with Gasteiger partial charge in [0, 0.05) is 38.9 Å². The van der Waals surface area contributed by atoms with Crippen LogP contribution >= 0.6 is 0 Å². The topological polar surface area (TPSA) is 66.9 Å². The Kier molecular flexibility index (Phi) is 4.89. The molecule has 2 aromatic carbocycles. The van der Waals surface area contributed by atoms with E-state index in [1.165, 1.54) is 11.8 Å². The summed E-state index contributed by atoms with van der Waals surface area (Å²) in [5.41, 5.74) is 1.88. The van der Waals surface area contributed by atoms with Gasteiger partial charge in [0.15, 0.2) is 9.84 Å². The number of carbonyl (C=O) groups excluding carboxylic acids is 1. The van der Waals surface area contributed by atoms with Crippen molar-refractivity contribution in [3.8, 4) is 0 Å². The summed E-state index contributed by atoms with van der Waals surface area (Å²) in [6.07, 6.45) is 1.74. The van der Waals surface area contributed by atoms with Crippen molar-refractivity contribution in [2.75, 3.05) is 32.5 Å². The number of benzene rings is 2. The van der Waals surface area contributed by atoms with Crippen molar-refractivity contribution >= 4 is 15.9 Å². The van der Waals surface area contributed by atoms with Gasteiger partial charge < -0.3 is 4.74 Å². The molecule has 1 unspecified atom stereocenters. The van der Waals surface area contributed by atoms with Crippen LogP contribution in [0.4, 0.5) is 4.79 Å². The van der Waals surface area contributed by atoms with Gasteiger partial charge in [0.05, 0.1) is 10.4 Å². The van der Waals surface area contributed by atoms with Gasteiger partial charge in [-0.05, 0) is 23.3 Å². The molecule has 148 valence electrons. The third kappa shape index (κ3) is 3.77. The zero-order valence-corrected chi connectivity index (χ0v) is 16.7. The van der Waals surface area contributed by atoms with Crippen LogP contribution in [-0.2, 0) is 27.5 Å². The molecule has 1 atom stereocenters. The minimum Gasteiger partial charge on any atom is -0.447 e. The molecule has 4 rings (SSSR count). The summed E-state index contributed by atoms with van der Waals surface area (Å²) in [5, 5.41) is 0. The molecule has 7 heteroatoms. The van der Waals surface area contributed by atoms with Gasteiger partial charge in [0.25, 0.3) is 0 Å². The molecule has 0 aliphatic carbocycles. The molecule has 0 bridgehead atoms. The van der Waals surface area contributed by atoms with Crippen LogP contribution in [0.2, 0.25) is 0 Å². The largest absolute Gasteiger partial charge is 0.447 e. The summed E-state index contributed by atoms with van der Waals surface area (Å²) < 4.78 is 28.7. The molecule has 2 aliphatic rings. The lowest BCUT2D eigenvalue weighted by Crippen LogP contribution is -2.62. The average molecular weight is 401 g/mol. The number of cyclic esters (lactones) is 1. The van der Waals surface area contributed by atoms with E-state index < -0.39 is 9.84 Å². The fraction of sp³-hybridized carbons (Fsp3) is 0.381. The summed E-state index contributed by atoms with van der Waals surface area (Å²) >= 11 is 0. The molecular weight excluding hydrogens is 376 g/mol. The van der Waals surface area contributed by atoms with Gasteiger partial charge in [-0.2, -0.15) is 0 Å². The van der Waals surface area contributed by atoms with Crippen LogP contribution in [0.25, 0.3) is 0 Å². The predicted molar refractivity (Wildman–Crippen MR) is 106 cm³/mol. The highest BCUT2D eigenvalue weighted by Gasteiger charge is 2.50. The molecule has 2 heterocycles. The van der Waals surface area contributed by atoms with Crippen molar-refractivity contribution in [3.05, 3.63) is 65.7 Å². The lowest BCUT2D eigenvalue weighted by molar-refractivity contribution is 0.0476. The number of hydrogen-bond donors (Lipinski definition) is 0. The van der Waals surface area contributed by atoms with E-state index in [2.05, 4.69) is 17.0 Å². The number of rotatable bonds is 5. The Morgan fingerprint density at radius 1 is 1.00 bits per heavy atom. The number of carbonyl (C=O) groups is 1. The molecule has 6 nitrogen and oxygen atoms in total. The normalized spacial score (nSPS) is 22.8. The molecule has 0 spiro atoms. The van der Waals surface area contributed by atoms with Gasteiger partial charge in [-0.1, -0.05) is 42.5 Å². The Morgan fingerprint density at radius 2 is 1.71 bits per heavy atom. The van der Waals surface area contributed by atoms with Crippen LogP contribution in [0.15, 0.2) is 59.5 Å².